The Morgan fingerprint density at radius 3 is 2.85 bits per heavy atom. The number of aromatic nitrogens is 1. The van der Waals surface area contributed by atoms with E-state index in [1.165, 1.54) is 17.2 Å². The molecule has 3 heterocycles. The maximum Gasteiger partial charge on any atom is 0.270 e. The zero-order valence-electron chi connectivity index (χ0n) is 14.7. The highest BCUT2D eigenvalue weighted by atomic mass is 16.2. The molecule has 1 aromatic heterocycles. The predicted octanol–water partition coefficient (Wildman–Crippen LogP) is 2.96. The molecule has 2 aromatic carbocycles. The van der Waals surface area contributed by atoms with Gasteiger partial charge in [-0.3, -0.25) is 9.59 Å². The average molecular weight is 357 g/mol. The smallest absolute Gasteiger partial charge is 0.270 e. The number of carbonyl (C=O) groups excluding carboxylic acids is 2. The summed E-state index contributed by atoms with van der Waals surface area (Å²) in [5, 5.41) is 4.06. The number of carbonyl (C=O) groups is 2. The molecule has 2 N–H and O–H groups in total. The molecule has 1 unspecified atom stereocenters. The highest BCUT2D eigenvalue weighted by Crippen LogP contribution is 2.32. The van der Waals surface area contributed by atoms with Crippen molar-refractivity contribution < 1.29 is 9.59 Å². The van der Waals surface area contributed by atoms with E-state index in [4.69, 9.17) is 0 Å². The van der Waals surface area contributed by atoms with Gasteiger partial charge in [-0.05, 0) is 23.6 Å². The first-order chi connectivity index (χ1) is 13.2. The summed E-state index contributed by atoms with van der Waals surface area (Å²) in [5.74, 6) is -0.270. The molecule has 0 aliphatic carbocycles. The Morgan fingerprint density at radius 2 is 1.93 bits per heavy atom. The van der Waals surface area contributed by atoms with Crippen molar-refractivity contribution in [2.45, 2.75) is 12.5 Å². The van der Waals surface area contributed by atoms with Gasteiger partial charge in [0.2, 0.25) is 0 Å². The SMILES string of the molecule is O=C(C=C1NCC2c3ccccc3CCN2C1=O)c1c[nH]c2ccccc12. The van der Waals surface area contributed by atoms with Gasteiger partial charge in [0, 0.05) is 41.8 Å². The van der Waals surface area contributed by atoms with Gasteiger partial charge < -0.3 is 15.2 Å². The van der Waals surface area contributed by atoms with Crippen molar-refractivity contribution in [3.63, 3.8) is 0 Å². The summed E-state index contributed by atoms with van der Waals surface area (Å²) >= 11 is 0. The molecule has 1 atom stereocenters. The number of para-hydroxylation sites is 1. The molecule has 0 bridgehead atoms. The number of fused-ring (bicyclic) bond motifs is 4. The normalized spacial score (nSPS) is 20.3. The zero-order valence-corrected chi connectivity index (χ0v) is 14.7. The lowest BCUT2D eigenvalue weighted by Crippen LogP contribution is -2.51. The molecule has 134 valence electrons. The summed E-state index contributed by atoms with van der Waals surface area (Å²) in [6.07, 6.45) is 3.99. The highest BCUT2D eigenvalue weighted by Gasteiger charge is 2.36. The van der Waals surface area contributed by atoms with Crippen LogP contribution in [0.15, 0.2) is 66.5 Å². The van der Waals surface area contributed by atoms with Gasteiger partial charge in [0.15, 0.2) is 5.78 Å². The Hall–Kier alpha value is -3.34. The standard InChI is InChI=1S/C22H19N3O2/c26-21(17-12-23-18-8-4-3-7-16(17)18)11-19-22(27)25-10-9-14-5-1-2-6-15(14)20(25)13-24-19/h1-8,11-12,20,23-24H,9-10,13H2. The second-order valence-electron chi connectivity index (χ2n) is 7.01. The number of hydrogen-bond donors (Lipinski definition) is 2. The van der Waals surface area contributed by atoms with Crippen LogP contribution < -0.4 is 5.32 Å². The lowest BCUT2D eigenvalue weighted by molar-refractivity contribution is -0.132. The summed E-state index contributed by atoms with van der Waals surface area (Å²) < 4.78 is 0. The Morgan fingerprint density at radius 1 is 1.11 bits per heavy atom. The number of amides is 1. The number of nitrogens with one attached hydrogen (secondary N) is 2. The topological polar surface area (TPSA) is 65.2 Å². The number of nitrogens with zero attached hydrogens (tertiary/aromatic N) is 1. The van der Waals surface area contributed by atoms with Crippen molar-refractivity contribution >= 4 is 22.6 Å². The molecule has 3 aromatic rings. The zero-order chi connectivity index (χ0) is 18.4. The molecule has 5 nitrogen and oxygen atoms in total. The molecular formula is C22H19N3O2. The first-order valence-corrected chi connectivity index (χ1v) is 9.17. The summed E-state index contributed by atoms with van der Waals surface area (Å²) in [6, 6.07) is 16.0. The van der Waals surface area contributed by atoms with Crippen LogP contribution in [0.25, 0.3) is 10.9 Å². The van der Waals surface area contributed by atoms with Crippen LogP contribution in [-0.2, 0) is 11.2 Å². The van der Waals surface area contributed by atoms with Crippen molar-refractivity contribution in [3.8, 4) is 0 Å². The van der Waals surface area contributed by atoms with Gasteiger partial charge in [0.1, 0.15) is 5.70 Å². The van der Waals surface area contributed by atoms with Crippen molar-refractivity contribution in [1.29, 1.82) is 0 Å². The third-order valence-corrected chi connectivity index (χ3v) is 5.52. The fourth-order valence-electron chi connectivity index (χ4n) is 4.15. The quantitative estimate of drug-likeness (QED) is 0.547. The van der Waals surface area contributed by atoms with Crippen molar-refractivity contribution in [2.24, 2.45) is 0 Å². The van der Waals surface area contributed by atoms with E-state index < -0.39 is 0 Å². The summed E-state index contributed by atoms with van der Waals surface area (Å²) in [5.41, 5.74) is 4.37. The first kappa shape index (κ1) is 15.9. The molecule has 1 fully saturated rings. The van der Waals surface area contributed by atoms with E-state index in [1.807, 2.05) is 41.3 Å². The van der Waals surface area contributed by atoms with Crippen LogP contribution in [0.3, 0.4) is 0 Å². The maximum absolute atomic E-state index is 13.0. The molecule has 5 rings (SSSR count). The molecule has 5 heteroatoms. The van der Waals surface area contributed by atoms with Crippen LogP contribution in [0.4, 0.5) is 0 Å². The van der Waals surface area contributed by atoms with E-state index in [9.17, 15) is 9.59 Å². The molecule has 27 heavy (non-hydrogen) atoms. The number of ketones is 1. The third kappa shape index (κ3) is 2.54. The van der Waals surface area contributed by atoms with Gasteiger partial charge in [-0.15, -0.1) is 0 Å². The van der Waals surface area contributed by atoms with Gasteiger partial charge in [-0.1, -0.05) is 42.5 Å². The van der Waals surface area contributed by atoms with Crippen LogP contribution in [0.2, 0.25) is 0 Å². The highest BCUT2D eigenvalue weighted by molar-refractivity contribution is 6.15. The van der Waals surface area contributed by atoms with E-state index in [1.54, 1.807) is 6.20 Å². The summed E-state index contributed by atoms with van der Waals surface area (Å²) in [6.45, 7) is 1.30. The minimum absolute atomic E-state index is 0.0304. The fourth-order valence-corrected chi connectivity index (χ4v) is 4.15. The van der Waals surface area contributed by atoms with E-state index in [-0.39, 0.29) is 17.7 Å². The Balaban J connectivity index is 1.44. The number of aromatic amines is 1. The Labute approximate surface area is 156 Å². The Bertz CT molecular complexity index is 1100. The van der Waals surface area contributed by atoms with Gasteiger partial charge in [0.05, 0.1) is 6.04 Å². The molecule has 2 aliphatic rings. The summed E-state index contributed by atoms with van der Waals surface area (Å²) in [7, 11) is 0. The molecule has 1 amide bonds. The number of benzene rings is 2. The lowest BCUT2D eigenvalue weighted by Gasteiger charge is -2.41. The largest absolute Gasteiger partial charge is 0.378 e. The minimum Gasteiger partial charge on any atom is -0.378 e. The summed E-state index contributed by atoms with van der Waals surface area (Å²) in [4.78, 5) is 30.7. The van der Waals surface area contributed by atoms with Crippen molar-refractivity contribution in [3.05, 3.63) is 83.2 Å². The van der Waals surface area contributed by atoms with Gasteiger partial charge in [0.25, 0.3) is 5.91 Å². The van der Waals surface area contributed by atoms with Crippen LogP contribution in [0.5, 0.6) is 0 Å². The number of allylic oxidation sites excluding steroid dienone is 1. The molecule has 2 aliphatic heterocycles. The van der Waals surface area contributed by atoms with E-state index in [0.717, 1.165) is 17.3 Å². The number of rotatable bonds is 2. The number of piperazine rings is 1. The second-order valence-corrected chi connectivity index (χ2v) is 7.01. The van der Waals surface area contributed by atoms with Crippen LogP contribution >= 0.6 is 0 Å². The third-order valence-electron chi connectivity index (χ3n) is 5.52. The van der Waals surface area contributed by atoms with Crippen LogP contribution in [0.1, 0.15) is 27.5 Å². The molecule has 0 radical (unpaired) electrons. The predicted molar refractivity (Wildman–Crippen MR) is 103 cm³/mol. The van der Waals surface area contributed by atoms with E-state index >= 15 is 0 Å². The van der Waals surface area contributed by atoms with Gasteiger partial charge >= 0.3 is 0 Å². The number of H-pyrrole nitrogens is 1. The van der Waals surface area contributed by atoms with E-state index in [0.29, 0.717) is 24.4 Å². The van der Waals surface area contributed by atoms with Gasteiger partial charge in [-0.2, -0.15) is 0 Å². The Kier molecular flexibility index (Phi) is 3.60. The number of hydrogen-bond acceptors (Lipinski definition) is 3. The lowest BCUT2D eigenvalue weighted by atomic mass is 9.90. The van der Waals surface area contributed by atoms with E-state index in [2.05, 4.69) is 22.4 Å². The van der Waals surface area contributed by atoms with Gasteiger partial charge in [-0.25, -0.2) is 0 Å². The molecule has 0 spiro atoms. The van der Waals surface area contributed by atoms with Crippen LogP contribution in [-0.4, -0.2) is 34.7 Å². The molecule has 1 saturated heterocycles. The fraction of sp³-hybridized carbons (Fsp3) is 0.182. The average Bonchev–Trinajstić information content (AvgIpc) is 3.14. The molecule has 0 saturated carbocycles. The van der Waals surface area contributed by atoms with Crippen molar-refractivity contribution in [2.75, 3.05) is 13.1 Å². The van der Waals surface area contributed by atoms with Crippen molar-refractivity contribution in [1.82, 2.24) is 15.2 Å². The second kappa shape index (κ2) is 6.13. The minimum atomic E-state index is -0.167. The molecular weight excluding hydrogens is 338 g/mol. The monoisotopic (exact) mass is 357 g/mol. The van der Waals surface area contributed by atoms with Crippen LogP contribution in [0, 0.1) is 0 Å². The first-order valence-electron chi connectivity index (χ1n) is 9.17. The maximum atomic E-state index is 13.0.